The zero-order valence-electron chi connectivity index (χ0n) is 34.6. The molecule has 6 heterocycles. The molecule has 10 unspecified atom stereocenters. The number of hydrogen-bond donors (Lipinski definition) is 3. The van der Waals surface area contributed by atoms with Crippen LogP contribution in [0.3, 0.4) is 0 Å². The number of aliphatic hydroxyl groups is 2. The number of carbonyl (C=O) groups excluding carboxylic acids is 1. The van der Waals surface area contributed by atoms with E-state index in [0.29, 0.717) is 38.0 Å². The normalized spacial score (nSPS) is 38.1. The molecule has 6 aliphatic rings. The topological polar surface area (TPSA) is 129 Å². The van der Waals surface area contributed by atoms with Gasteiger partial charge in [-0.3, -0.25) is 14.6 Å². The third-order valence-corrected chi connectivity index (χ3v) is 15.6. The first kappa shape index (κ1) is 39.0. The number of para-hydroxylation sites is 1. The lowest BCUT2D eigenvalue weighted by Crippen LogP contribution is -2.80. The summed E-state index contributed by atoms with van der Waals surface area (Å²) in [7, 11) is 8.37. The van der Waals surface area contributed by atoms with Gasteiger partial charge in [-0.05, 0) is 74.2 Å². The number of nitrogens with one attached hydrogen (secondary N) is 1. The molecular weight excluding hydrogens is 725 g/mol. The van der Waals surface area contributed by atoms with Crippen molar-refractivity contribution in [1.82, 2.24) is 14.8 Å². The van der Waals surface area contributed by atoms with E-state index < -0.39 is 39.6 Å². The zero-order chi connectivity index (χ0) is 40.1. The number of anilines is 1. The van der Waals surface area contributed by atoms with Gasteiger partial charge in [0.1, 0.15) is 29.5 Å². The molecule has 1 saturated carbocycles. The quantitative estimate of drug-likeness (QED) is 0.123. The average molecular weight is 785 g/mol. The second kappa shape index (κ2) is 13.8. The highest BCUT2D eigenvalue weighted by atomic mass is 17.2. The first-order valence-corrected chi connectivity index (χ1v) is 20.9. The minimum absolute atomic E-state index is 0.0209. The first-order chi connectivity index (χ1) is 27.4. The Kier molecular flexibility index (Phi) is 9.44. The van der Waals surface area contributed by atoms with E-state index in [1.54, 1.807) is 14.2 Å². The van der Waals surface area contributed by atoms with E-state index >= 15 is 4.79 Å². The summed E-state index contributed by atoms with van der Waals surface area (Å²) in [6, 6.07) is 12.1. The number of methoxy groups -OCH3 is 3. The van der Waals surface area contributed by atoms with Crippen molar-refractivity contribution in [3.8, 4) is 5.75 Å². The summed E-state index contributed by atoms with van der Waals surface area (Å²) in [5.74, 6) is 0.180. The van der Waals surface area contributed by atoms with E-state index in [2.05, 4.69) is 83.1 Å². The number of carbonyl (C=O) groups is 1. The Labute approximate surface area is 335 Å². The smallest absolute Gasteiger partial charge is 0.322 e. The molecule has 3 aromatic rings. The van der Waals surface area contributed by atoms with E-state index in [0.717, 1.165) is 78.0 Å². The van der Waals surface area contributed by atoms with Gasteiger partial charge in [-0.15, -0.1) is 0 Å². The third kappa shape index (κ3) is 5.14. The Morgan fingerprint density at radius 2 is 1.81 bits per heavy atom. The highest BCUT2D eigenvalue weighted by Crippen LogP contribution is 2.68. The van der Waals surface area contributed by atoms with Gasteiger partial charge in [0.2, 0.25) is 0 Å². The first-order valence-electron chi connectivity index (χ1n) is 20.9. The molecule has 3 fully saturated rings. The predicted octanol–water partition coefficient (Wildman–Crippen LogP) is 4.48. The van der Waals surface area contributed by atoms with Gasteiger partial charge in [0.15, 0.2) is 0 Å². The Morgan fingerprint density at radius 3 is 2.53 bits per heavy atom. The molecule has 10 atom stereocenters. The number of nitrogens with zero attached hydrogens (tertiary/aromatic N) is 3. The largest absolute Gasteiger partial charge is 0.496 e. The van der Waals surface area contributed by atoms with Gasteiger partial charge in [-0.25, -0.2) is 9.78 Å². The molecule has 2 saturated heterocycles. The summed E-state index contributed by atoms with van der Waals surface area (Å²) in [6.45, 7) is 7.91. The Morgan fingerprint density at radius 1 is 1.00 bits per heavy atom. The van der Waals surface area contributed by atoms with Crippen molar-refractivity contribution >= 4 is 22.6 Å². The molecular formula is C45H60N4O8. The standard InChI is InChI=1S/C45H60N4O8/c1-8-41(51)23-28-24-44(40(50)55-6,36-30(15-19-48(25-28)26-41)29-13-10-11-14-33(29)46-36)32-21-31-34(22-35(32)53-4)47(3)38-43(31)17-20-49-18-12-16-42(9-2,37(43)49)39(54-5)45(38,52)27-57-56-7/h10-14,16,21-22,28,37-39,46,51-52H,8-9,15,17-20,23-27H2,1-7H3. The maximum Gasteiger partial charge on any atom is 0.322 e. The second-order valence-corrected chi connectivity index (χ2v) is 17.9. The molecule has 5 aliphatic heterocycles. The Hall–Kier alpha value is -3.49. The van der Waals surface area contributed by atoms with Crippen molar-refractivity contribution in [3.63, 3.8) is 0 Å². The van der Waals surface area contributed by atoms with Crippen LogP contribution in [-0.4, -0.2) is 135 Å². The van der Waals surface area contributed by atoms with Gasteiger partial charge in [0, 0.05) is 91.1 Å². The molecule has 308 valence electrons. The Bertz CT molecular complexity index is 2090. The molecule has 9 rings (SSSR count). The fourth-order valence-corrected chi connectivity index (χ4v) is 13.6. The Balaban J connectivity index is 1.35. The highest BCUT2D eigenvalue weighted by Gasteiger charge is 2.77. The number of esters is 1. The van der Waals surface area contributed by atoms with Crippen molar-refractivity contribution in [2.45, 2.75) is 92.6 Å². The fourth-order valence-electron chi connectivity index (χ4n) is 13.6. The summed E-state index contributed by atoms with van der Waals surface area (Å²) in [4.78, 5) is 37.2. The van der Waals surface area contributed by atoms with Crippen molar-refractivity contribution < 1.29 is 39.0 Å². The van der Waals surface area contributed by atoms with Gasteiger partial charge < -0.3 is 34.3 Å². The lowest BCUT2D eigenvalue weighted by Gasteiger charge is -2.64. The molecule has 1 aliphatic carbocycles. The van der Waals surface area contributed by atoms with Crippen LogP contribution in [0.4, 0.5) is 5.69 Å². The van der Waals surface area contributed by atoms with E-state index in [1.165, 1.54) is 14.2 Å². The van der Waals surface area contributed by atoms with Crippen molar-refractivity contribution in [2.24, 2.45) is 11.3 Å². The van der Waals surface area contributed by atoms with Gasteiger partial charge in [0.25, 0.3) is 0 Å². The molecule has 1 spiro atoms. The van der Waals surface area contributed by atoms with Crippen LogP contribution in [0.15, 0.2) is 48.6 Å². The molecule has 1 aromatic heterocycles. The van der Waals surface area contributed by atoms with Crippen LogP contribution in [0.5, 0.6) is 5.75 Å². The molecule has 0 amide bonds. The van der Waals surface area contributed by atoms with E-state index in [1.807, 2.05) is 6.07 Å². The number of ether oxygens (including phenoxy) is 3. The summed E-state index contributed by atoms with van der Waals surface area (Å²) in [5, 5.41) is 26.4. The lowest BCUT2D eigenvalue weighted by molar-refractivity contribution is -0.325. The lowest BCUT2D eigenvalue weighted by atomic mass is 9.48. The van der Waals surface area contributed by atoms with Gasteiger partial charge in [0.05, 0.1) is 33.0 Å². The molecule has 12 heteroatoms. The second-order valence-electron chi connectivity index (χ2n) is 17.9. The minimum Gasteiger partial charge on any atom is -0.496 e. The summed E-state index contributed by atoms with van der Waals surface area (Å²) >= 11 is 0. The van der Waals surface area contributed by atoms with Crippen molar-refractivity contribution in [3.05, 3.63) is 70.9 Å². The van der Waals surface area contributed by atoms with Crippen LogP contribution in [-0.2, 0) is 41.3 Å². The van der Waals surface area contributed by atoms with Crippen LogP contribution in [0, 0.1) is 11.3 Å². The number of H-pyrrole nitrogens is 1. The summed E-state index contributed by atoms with van der Waals surface area (Å²) < 4.78 is 18.8. The predicted molar refractivity (Wildman–Crippen MR) is 217 cm³/mol. The number of aromatic amines is 1. The van der Waals surface area contributed by atoms with E-state index in [-0.39, 0.29) is 24.5 Å². The van der Waals surface area contributed by atoms with Gasteiger partial charge in [-0.1, -0.05) is 44.2 Å². The SMILES string of the molecule is CCC1(O)CC2CN(CCc3c([nH]c4ccccc34)C(C(=O)OC)(c3cc4c(cc3OC)N(C)C3C(O)(COOC)C(OC)C5(CC)C=CCN6CCC43C65)C2)C1. The number of hydrogen-bond acceptors (Lipinski definition) is 11. The number of piperidine rings is 1. The maximum atomic E-state index is 15.3. The number of aromatic nitrogens is 1. The monoisotopic (exact) mass is 784 g/mol. The maximum absolute atomic E-state index is 15.3. The van der Waals surface area contributed by atoms with Crippen LogP contribution in [0.25, 0.3) is 10.9 Å². The summed E-state index contributed by atoms with van der Waals surface area (Å²) in [5.41, 5.74) is 0.770. The van der Waals surface area contributed by atoms with Crippen molar-refractivity contribution in [1.29, 1.82) is 0 Å². The zero-order valence-corrected chi connectivity index (χ0v) is 34.6. The molecule has 3 N–H and O–H groups in total. The molecule has 57 heavy (non-hydrogen) atoms. The summed E-state index contributed by atoms with van der Waals surface area (Å²) in [6.07, 6.45) is 7.73. The van der Waals surface area contributed by atoms with Gasteiger partial charge in [-0.2, -0.15) is 0 Å². The number of benzene rings is 2. The van der Waals surface area contributed by atoms with Crippen LogP contribution in [0.2, 0.25) is 0 Å². The van der Waals surface area contributed by atoms with E-state index in [9.17, 15) is 10.2 Å². The minimum atomic E-state index is -1.51. The molecule has 12 nitrogen and oxygen atoms in total. The molecule has 0 radical (unpaired) electrons. The fraction of sp³-hybridized carbons (Fsp3) is 0.622. The van der Waals surface area contributed by atoms with Crippen molar-refractivity contribution in [2.75, 3.05) is 79.7 Å². The molecule has 2 aromatic carbocycles. The van der Waals surface area contributed by atoms with E-state index in [4.69, 9.17) is 24.0 Å². The third-order valence-electron chi connectivity index (χ3n) is 15.6. The number of fused-ring (bicyclic) bond motifs is 6. The molecule has 2 bridgehead atoms. The highest BCUT2D eigenvalue weighted by molar-refractivity contribution is 5.94. The van der Waals surface area contributed by atoms with Gasteiger partial charge >= 0.3 is 5.97 Å². The average Bonchev–Trinajstić information content (AvgIpc) is 3.88. The van der Waals surface area contributed by atoms with Crippen LogP contribution in [0.1, 0.15) is 68.3 Å². The van der Waals surface area contributed by atoms with Crippen LogP contribution >= 0.6 is 0 Å². The van der Waals surface area contributed by atoms with Crippen LogP contribution < -0.4 is 9.64 Å². The number of likely N-dealkylation sites (N-methyl/N-ethyl adjacent to an activating group) is 1. The number of rotatable bonds is 9.